The van der Waals surface area contributed by atoms with Gasteiger partial charge in [0, 0.05) is 19.3 Å². The zero-order chi connectivity index (χ0) is 26.2. The van der Waals surface area contributed by atoms with Gasteiger partial charge in [-0.05, 0) is 66.2 Å². The number of nitrogens with one attached hydrogen (secondary N) is 2. The molecule has 11 nitrogen and oxygen atoms in total. The molecule has 1 aliphatic rings. The highest BCUT2D eigenvalue weighted by Gasteiger charge is 2.39. The molecular weight excluding hydrogens is 476 g/mol. The van der Waals surface area contributed by atoms with E-state index in [1.165, 1.54) is 0 Å². The van der Waals surface area contributed by atoms with E-state index >= 15 is 0 Å². The van der Waals surface area contributed by atoms with Gasteiger partial charge < -0.3 is 33.7 Å². The molecule has 196 valence electrons. The van der Waals surface area contributed by atoms with Crippen LogP contribution in [-0.2, 0) is 18.9 Å². The van der Waals surface area contributed by atoms with E-state index in [1.54, 1.807) is 35.9 Å². The summed E-state index contributed by atoms with van der Waals surface area (Å²) in [5, 5.41) is 2.55. The van der Waals surface area contributed by atoms with Gasteiger partial charge in [-0.25, -0.2) is 14.4 Å². The summed E-state index contributed by atoms with van der Waals surface area (Å²) in [7, 11) is 0. The Bertz CT molecular complexity index is 914. The molecule has 0 aliphatic carbocycles. The van der Waals surface area contributed by atoms with Gasteiger partial charge in [-0.3, -0.25) is 5.32 Å². The Morgan fingerprint density at radius 1 is 1.23 bits per heavy atom. The number of H-pyrrole nitrogens is 1. The molecule has 0 saturated carbocycles. The minimum absolute atomic E-state index is 0.0455. The summed E-state index contributed by atoms with van der Waals surface area (Å²) >= 11 is 5.43. The Labute approximate surface area is 211 Å². The molecule has 1 aliphatic heterocycles. The van der Waals surface area contributed by atoms with Crippen LogP contribution < -0.4 is 10.2 Å². The summed E-state index contributed by atoms with van der Waals surface area (Å²) in [6.45, 7) is 12.5. The summed E-state index contributed by atoms with van der Waals surface area (Å²) in [5.74, 6) is -0.548. The lowest BCUT2D eigenvalue weighted by atomic mass is 10.1. The van der Waals surface area contributed by atoms with Crippen molar-refractivity contribution < 1.29 is 33.3 Å². The summed E-state index contributed by atoms with van der Waals surface area (Å²) in [5.41, 5.74) is -0.531. The number of ether oxygens (including phenoxy) is 4. The number of aromatic amines is 1. The minimum Gasteiger partial charge on any atom is -0.461 e. The van der Waals surface area contributed by atoms with E-state index < -0.39 is 23.3 Å². The number of aromatic nitrogens is 1. The number of anilines is 1. The van der Waals surface area contributed by atoms with Crippen molar-refractivity contribution in [3.63, 3.8) is 0 Å². The van der Waals surface area contributed by atoms with Crippen LogP contribution in [0, 0.1) is 0 Å². The topological polar surface area (TPSA) is 122 Å². The van der Waals surface area contributed by atoms with Crippen molar-refractivity contribution in [2.24, 2.45) is 0 Å². The van der Waals surface area contributed by atoms with Crippen LogP contribution in [0.2, 0.25) is 0 Å². The van der Waals surface area contributed by atoms with Gasteiger partial charge in [-0.2, -0.15) is 0 Å². The van der Waals surface area contributed by atoms with Crippen molar-refractivity contribution in [3.8, 4) is 0 Å². The van der Waals surface area contributed by atoms with Crippen LogP contribution >= 0.6 is 12.2 Å². The lowest BCUT2D eigenvalue weighted by Gasteiger charge is -2.29. The first-order valence-corrected chi connectivity index (χ1v) is 12.0. The molecule has 2 amide bonds. The number of esters is 1. The van der Waals surface area contributed by atoms with Crippen LogP contribution in [0.3, 0.4) is 0 Å². The normalized spacial score (nSPS) is 17.6. The van der Waals surface area contributed by atoms with Crippen molar-refractivity contribution in [2.45, 2.75) is 59.2 Å². The van der Waals surface area contributed by atoms with Gasteiger partial charge in [0.1, 0.15) is 11.3 Å². The standard InChI is InChI=1S/C23H36N4O7S/c1-7-31-18(28)17-16(9-11-24-17)27(19(35)25-20(29)32-8-2)13-14-33-23(6)10-12-26(15-23)21(30)34-22(3,4)5/h9,11,24H,7-8,10,12-15H2,1-6H3,(H,25,29,35). The van der Waals surface area contributed by atoms with Gasteiger partial charge in [0.25, 0.3) is 0 Å². The molecule has 1 aromatic rings. The molecule has 0 spiro atoms. The molecule has 2 rings (SSSR count). The van der Waals surface area contributed by atoms with Crippen molar-refractivity contribution in [1.29, 1.82) is 0 Å². The van der Waals surface area contributed by atoms with Crippen molar-refractivity contribution in [1.82, 2.24) is 15.2 Å². The molecule has 2 heterocycles. The van der Waals surface area contributed by atoms with Crippen LogP contribution in [0.5, 0.6) is 0 Å². The SMILES string of the molecule is CCOC(=O)NC(=S)N(CCOC1(C)CCN(C(=O)OC(C)(C)C)C1)c1cc[nH]c1C(=O)OCC. The second-order valence-corrected chi connectivity index (χ2v) is 9.60. The van der Waals surface area contributed by atoms with E-state index in [-0.39, 0.29) is 43.3 Å². The third-order valence-electron chi connectivity index (χ3n) is 5.08. The molecule has 1 fully saturated rings. The number of nitrogens with zero attached hydrogens (tertiary/aromatic N) is 2. The Hall–Kier alpha value is -2.86. The number of likely N-dealkylation sites (tertiary alicyclic amines) is 1. The first-order chi connectivity index (χ1) is 16.4. The Morgan fingerprint density at radius 2 is 1.91 bits per heavy atom. The molecule has 0 aromatic carbocycles. The highest BCUT2D eigenvalue weighted by molar-refractivity contribution is 7.80. The third-order valence-corrected chi connectivity index (χ3v) is 5.40. The predicted molar refractivity (Wildman–Crippen MR) is 134 cm³/mol. The summed E-state index contributed by atoms with van der Waals surface area (Å²) < 4.78 is 21.7. The number of alkyl carbamates (subject to hydrolysis) is 1. The van der Waals surface area contributed by atoms with E-state index in [4.69, 9.17) is 31.2 Å². The lowest BCUT2D eigenvalue weighted by Crippen LogP contribution is -2.46. The smallest absolute Gasteiger partial charge is 0.413 e. The number of hydrogen-bond donors (Lipinski definition) is 2. The van der Waals surface area contributed by atoms with Gasteiger partial charge in [0.15, 0.2) is 5.11 Å². The Balaban J connectivity index is 2.09. The molecule has 1 saturated heterocycles. The highest BCUT2D eigenvalue weighted by Crippen LogP contribution is 2.27. The number of hydrogen-bond acceptors (Lipinski definition) is 8. The first kappa shape index (κ1) is 28.4. The molecule has 0 radical (unpaired) electrons. The van der Waals surface area contributed by atoms with Crippen LogP contribution in [0.15, 0.2) is 12.3 Å². The zero-order valence-electron chi connectivity index (χ0n) is 21.3. The Kier molecular flexibility index (Phi) is 9.90. The zero-order valence-corrected chi connectivity index (χ0v) is 22.1. The second-order valence-electron chi connectivity index (χ2n) is 9.21. The Morgan fingerprint density at radius 3 is 2.54 bits per heavy atom. The number of rotatable bonds is 8. The quantitative estimate of drug-likeness (QED) is 0.306. The van der Waals surface area contributed by atoms with E-state index in [9.17, 15) is 14.4 Å². The number of carbonyl (C=O) groups excluding carboxylic acids is 3. The van der Waals surface area contributed by atoms with Gasteiger partial charge in [-0.1, -0.05) is 0 Å². The van der Waals surface area contributed by atoms with Crippen molar-refractivity contribution in [2.75, 3.05) is 44.4 Å². The second kappa shape index (κ2) is 12.2. The van der Waals surface area contributed by atoms with E-state index in [2.05, 4.69) is 10.3 Å². The first-order valence-electron chi connectivity index (χ1n) is 11.6. The highest BCUT2D eigenvalue weighted by atomic mass is 32.1. The average Bonchev–Trinajstić information content (AvgIpc) is 3.38. The molecule has 1 aromatic heterocycles. The van der Waals surface area contributed by atoms with Crippen LogP contribution in [-0.4, -0.2) is 83.8 Å². The van der Waals surface area contributed by atoms with Gasteiger partial charge in [0.05, 0.1) is 37.7 Å². The van der Waals surface area contributed by atoms with Gasteiger partial charge in [-0.15, -0.1) is 0 Å². The van der Waals surface area contributed by atoms with E-state index in [0.717, 1.165) is 0 Å². The third kappa shape index (κ3) is 8.39. The van der Waals surface area contributed by atoms with Crippen molar-refractivity contribution >= 4 is 41.2 Å². The molecule has 12 heteroatoms. The van der Waals surface area contributed by atoms with Crippen LogP contribution in [0.4, 0.5) is 15.3 Å². The summed E-state index contributed by atoms with van der Waals surface area (Å²) in [4.78, 5) is 42.8. The molecular formula is C23H36N4O7S. The summed E-state index contributed by atoms with van der Waals surface area (Å²) in [6.07, 6.45) is 1.14. The van der Waals surface area contributed by atoms with Crippen molar-refractivity contribution in [3.05, 3.63) is 18.0 Å². The molecule has 1 atom stereocenters. The van der Waals surface area contributed by atoms with Gasteiger partial charge >= 0.3 is 18.2 Å². The van der Waals surface area contributed by atoms with Crippen LogP contribution in [0.1, 0.15) is 58.5 Å². The fourth-order valence-corrected chi connectivity index (χ4v) is 3.80. The fraction of sp³-hybridized carbons (Fsp3) is 0.652. The maximum atomic E-state index is 12.4. The lowest BCUT2D eigenvalue weighted by molar-refractivity contribution is -0.0233. The number of carbonyl (C=O) groups is 3. The monoisotopic (exact) mass is 512 g/mol. The molecule has 1 unspecified atom stereocenters. The van der Waals surface area contributed by atoms with E-state index in [0.29, 0.717) is 25.2 Å². The largest absolute Gasteiger partial charge is 0.461 e. The molecule has 35 heavy (non-hydrogen) atoms. The van der Waals surface area contributed by atoms with Gasteiger partial charge in [0.2, 0.25) is 0 Å². The molecule has 2 N–H and O–H groups in total. The average molecular weight is 513 g/mol. The fourth-order valence-electron chi connectivity index (χ4n) is 3.52. The summed E-state index contributed by atoms with van der Waals surface area (Å²) in [6, 6.07) is 1.66. The molecule has 0 bridgehead atoms. The maximum Gasteiger partial charge on any atom is 0.413 e. The maximum absolute atomic E-state index is 12.4. The van der Waals surface area contributed by atoms with Crippen LogP contribution in [0.25, 0.3) is 0 Å². The number of amides is 2. The number of thiocarbonyl (C=S) groups is 1. The van der Waals surface area contributed by atoms with E-state index in [1.807, 2.05) is 27.7 Å². The minimum atomic E-state index is -0.701. The predicted octanol–water partition coefficient (Wildman–Crippen LogP) is 3.44.